The van der Waals surface area contributed by atoms with Crippen molar-refractivity contribution in [2.75, 3.05) is 14.2 Å². The van der Waals surface area contributed by atoms with Gasteiger partial charge in [0.15, 0.2) is 0 Å². The molecule has 0 saturated heterocycles. The van der Waals surface area contributed by atoms with Crippen molar-refractivity contribution in [3.63, 3.8) is 0 Å². The number of carboxylic acid groups (broad SMARTS) is 1. The van der Waals surface area contributed by atoms with Crippen LogP contribution in [0.3, 0.4) is 0 Å². The SMILES string of the molecule is COc1cc([C@@H](O)[C@@H](CC2Cc3ccccc3C2)CC2(O)OC=CC=C2C(C)(C)C(=O)O)cc(OC)c1C. The fraction of sp³-hybridized carbons (Fsp3) is 0.452. The second kappa shape index (κ2) is 10.8. The Hall–Kier alpha value is -3.29. The van der Waals surface area contributed by atoms with E-state index in [1.54, 1.807) is 52.4 Å². The zero-order chi connectivity index (χ0) is 27.7. The third kappa shape index (κ3) is 5.31. The zero-order valence-electron chi connectivity index (χ0n) is 22.7. The van der Waals surface area contributed by atoms with Crippen molar-refractivity contribution in [1.29, 1.82) is 0 Å². The molecule has 0 spiro atoms. The van der Waals surface area contributed by atoms with Gasteiger partial charge in [-0.15, -0.1) is 0 Å². The second-order valence-electron chi connectivity index (χ2n) is 11.0. The summed E-state index contributed by atoms with van der Waals surface area (Å²) in [6.07, 6.45) is 5.93. The lowest BCUT2D eigenvalue weighted by Crippen LogP contribution is -2.45. The average Bonchev–Trinajstić information content (AvgIpc) is 3.30. The number of fused-ring (bicyclic) bond motifs is 1. The molecule has 0 fully saturated rings. The molecule has 1 aliphatic heterocycles. The van der Waals surface area contributed by atoms with E-state index in [1.165, 1.54) is 17.4 Å². The normalized spacial score (nSPS) is 20.8. The van der Waals surface area contributed by atoms with Crippen LogP contribution < -0.4 is 9.47 Å². The lowest BCUT2D eigenvalue weighted by Gasteiger charge is -2.41. The number of allylic oxidation sites excluding steroid dienone is 2. The van der Waals surface area contributed by atoms with E-state index < -0.39 is 29.2 Å². The summed E-state index contributed by atoms with van der Waals surface area (Å²) < 4.78 is 16.8. The summed E-state index contributed by atoms with van der Waals surface area (Å²) in [6, 6.07) is 11.9. The Labute approximate surface area is 224 Å². The predicted molar refractivity (Wildman–Crippen MR) is 144 cm³/mol. The largest absolute Gasteiger partial charge is 0.496 e. The molecule has 2 aliphatic rings. The van der Waals surface area contributed by atoms with Gasteiger partial charge in [-0.2, -0.15) is 0 Å². The van der Waals surface area contributed by atoms with Gasteiger partial charge in [0.1, 0.15) is 11.5 Å². The first-order valence-electron chi connectivity index (χ1n) is 13.0. The van der Waals surface area contributed by atoms with E-state index in [4.69, 9.17) is 14.2 Å². The van der Waals surface area contributed by atoms with Gasteiger partial charge in [-0.25, -0.2) is 0 Å². The molecule has 1 aliphatic carbocycles. The summed E-state index contributed by atoms with van der Waals surface area (Å²) in [5.74, 6) is -1.99. The summed E-state index contributed by atoms with van der Waals surface area (Å²) >= 11 is 0. The van der Waals surface area contributed by atoms with Gasteiger partial charge in [0, 0.05) is 17.6 Å². The topological polar surface area (TPSA) is 105 Å². The molecule has 2 aromatic carbocycles. The quantitative estimate of drug-likeness (QED) is 0.397. The van der Waals surface area contributed by atoms with Crippen LogP contribution in [0.25, 0.3) is 0 Å². The van der Waals surface area contributed by atoms with E-state index >= 15 is 0 Å². The lowest BCUT2D eigenvalue weighted by atomic mass is 9.73. The van der Waals surface area contributed by atoms with Gasteiger partial charge in [0.2, 0.25) is 5.79 Å². The minimum Gasteiger partial charge on any atom is -0.496 e. The van der Waals surface area contributed by atoms with E-state index in [2.05, 4.69) is 12.1 Å². The van der Waals surface area contributed by atoms with Crippen molar-refractivity contribution < 1.29 is 34.3 Å². The molecule has 1 heterocycles. The first-order valence-corrected chi connectivity index (χ1v) is 13.0. The van der Waals surface area contributed by atoms with E-state index in [1.807, 2.05) is 19.1 Å². The smallest absolute Gasteiger partial charge is 0.313 e. The van der Waals surface area contributed by atoms with Crippen LogP contribution >= 0.6 is 0 Å². The Balaban J connectivity index is 1.71. The van der Waals surface area contributed by atoms with E-state index in [9.17, 15) is 20.1 Å². The van der Waals surface area contributed by atoms with Gasteiger partial charge in [0.05, 0.1) is 32.0 Å². The van der Waals surface area contributed by atoms with Gasteiger partial charge in [-0.1, -0.05) is 30.3 Å². The Kier molecular flexibility index (Phi) is 7.90. The van der Waals surface area contributed by atoms with Crippen molar-refractivity contribution in [1.82, 2.24) is 0 Å². The van der Waals surface area contributed by atoms with Crippen LogP contribution in [0.5, 0.6) is 11.5 Å². The number of methoxy groups -OCH3 is 2. The molecule has 0 saturated carbocycles. The first kappa shape index (κ1) is 27.7. The van der Waals surface area contributed by atoms with Gasteiger partial charge >= 0.3 is 5.97 Å². The number of hydrogen-bond acceptors (Lipinski definition) is 6. The highest BCUT2D eigenvalue weighted by Crippen LogP contribution is 2.46. The standard InChI is InChI=1S/C31H38O7/c1-19-25(36-4)16-23(17-26(19)37-5)28(32)24(15-20-13-21-9-6-7-10-22(21)14-20)18-31(35)27(11-8-12-38-31)30(2,3)29(33)34/h6-12,16-17,20,24,28,32,35H,13-15,18H2,1-5H3,(H,33,34)/t24-,28+,31?/m0/s1. The molecule has 38 heavy (non-hydrogen) atoms. The number of carboxylic acids is 1. The van der Waals surface area contributed by atoms with Crippen molar-refractivity contribution in [2.24, 2.45) is 17.3 Å². The van der Waals surface area contributed by atoms with Gasteiger partial charge < -0.3 is 29.5 Å². The molecular weight excluding hydrogens is 484 g/mol. The van der Waals surface area contributed by atoms with Crippen LogP contribution in [0.15, 0.2) is 60.4 Å². The monoisotopic (exact) mass is 522 g/mol. The summed E-state index contributed by atoms with van der Waals surface area (Å²) in [5.41, 5.74) is 2.88. The summed E-state index contributed by atoms with van der Waals surface area (Å²) in [5, 5.41) is 33.5. The molecular formula is C31H38O7. The third-order valence-corrected chi connectivity index (χ3v) is 8.11. The van der Waals surface area contributed by atoms with E-state index in [-0.39, 0.29) is 17.9 Å². The maximum absolute atomic E-state index is 12.1. The van der Waals surface area contributed by atoms with Crippen molar-refractivity contribution in [3.8, 4) is 11.5 Å². The Morgan fingerprint density at radius 1 is 1.13 bits per heavy atom. The number of benzene rings is 2. The molecule has 0 radical (unpaired) electrons. The summed E-state index contributed by atoms with van der Waals surface area (Å²) in [7, 11) is 3.14. The molecule has 3 atom stereocenters. The van der Waals surface area contributed by atoms with Crippen LogP contribution in [0.4, 0.5) is 0 Å². The number of aliphatic carboxylic acids is 1. The molecule has 7 heteroatoms. The van der Waals surface area contributed by atoms with Crippen LogP contribution in [0.2, 0.25) is 0 Å². The number of carbonyl (C=O) groups is 1. The minimum absolute atomic E-state index is 0.00635. The van der Waals surface area contributed by atoms with Crippen LogP contribution in [0, 0.1) is 24.2 Å². The molecule has 4 rings (SSSR count). The third-order valence-electron chi connectivity index (χ3n) is 8.11. The number of aliphatic hydroxyl groups excluding tert-OH is 1. The average molecular weight is 523 g/mol. The second-order valence-corrected chi connectivity index (χ2v) is 11.0. The maximum Gasteiger partial charge on any atom is 0.313 e. The number of rotatable bonds is 10. The number of ether oxygens (including phenoxy) is 3. The molecule has 3 N–H and O–H groups in total. The minimum atomic E-state index is -1.90. The molecule has 7 nitrogen and oxygen atoms in total. The number of hydrogen-bond donors (Lipinski definition) is 3. The zero-order valence-corrected chi connectivity index (χ0v) is 22.7. The van der Waals surface area contributed by atoms with Crippen LogP contribution in [-0.4, -0.2) is 41.3 Å². The van der Waals surface area contributed by atoms with E-state index in [0.29, 0.717) is 23.5 Å². The molecule has 0 bridgehead atoms. The fourth-order valence-electron chi connectivity index (χ4n) is 5.92. The van der Waals surface area contributed by atoms with Crippen molar-refractivity contribution in [3.05, 3.63) is 82.6 Å². The highest BCUT2D eigenvalue weighted by atomic mass is 16.6. The number of aliphatic hydroxyl groups is 2. The highest BCUT2D eigenvalue weighted by molar-refractivity contribution is 5.78. The Bertz CT molecular complexity index is 1190. The van der Waals surface area contributed by atoms with Gasteiger partial charge in [0.25, 0.3) is 0 Å². The predicted octanol–water partition coefficient (Wildman–Crippen LogP) is 5.13. The Morgan fingerprint density at radius 2 is 1.71 bits per heavy atom. The van der Waals surface area contributed by atoms with E-state index in [0.717, 1.165) is 18.4 Å². The van der Waals surface area contributed by atoms with Gasteiger partial charge in [-0.3, -0.25) is 4.79 Å². The van der Waals surface area contributed by atoms with Crippen LogP contribution in [-0.2, 0) is 22.4 Å². The molecule has 204 valence electrons. The maximum atomic E-state index is 12.1. The fourth-order valence-corrected chi connectivity index (χ4v) is 5.92. The molecule has 1 unspecified atom stereocenters. The summed E-state index contributed by atoms with van der Waals surface area (Å²) in [6.45, 7) is 4.98. The molecule has 2 aromatic rings. The summed E-state index contributed by atoms with van der Waals surface area (Å²) in [4.78, 5) is 12.1. The van der Waals surface area contributed by atoms with Crippen LogP contribution in [0.1, 0.15) is 55.0 Å². The van der Waals surface area contributed by atoms with Gasteiger partial charge in [-0.05, 0) is 86.8 Å². The Morgan fingerprint density at radius 3 is 2.24 bits per heavy atom. The first-order chi connectivity index (χ1) is 18.0. The lowest BCUT2D eigenvalue weighted by molar-refractivity contribution is -0.176. The molecule has 0 aromatic heterocycles. The van der Waals surface area contributed by atoms with Crippen molar-refractivity contribution >= 4 is 5.97 Å². The highest BCUT2D eigenvalue weighted by Gasteiger charge is 2.49. The van der Waals surface area contributed by atoms with Crippen molar-refractivity contribution in [2.45, 2.75) is 58.3 Å². The molecule has 0 amide bonds.